The second-order valence-corrected chi connectivity index (χ2v) is 6.95. The van der Waals surface area contributed by atoms with Crippen molar-refractivity contribution in [2.75, 3.05) is 6.54 Å². The van der Waals surface area contributed by atoms with E-state index in [-0.39, 0.29) is 24.0 Å². The molecule has 0 saturated heterocycles. The first kappa shape index (κ1) is 18.9. The molecule has 27 heavy (non-hydrogen) atoms. The van der Waals surface area contributed by atoms with Crippen LogP contribution in [0.5, 0.6) is 0 Å². The van der Waals surface area contributed by atoms with Gasteiger partial charge in [0.15, 0.2) is 6.10 Å². The van der Waals surface area contributed by atoms with Crippen LogP contribution in [0.1, 0.15) is 31.4 Å². The molecule has 0 aliphatic carbocycles. The largest absolute Gasteiger partial charge is 0.390 e. The van der Waals surface area contributed by atoms with E-state index in [1.54, 1.807) is 17.0 Å². The Morgan fingerprint density at radius 1 is 1.26 bits per heavy atom. The third-order valence-corrected chi connectivity index (χ3v) is 4.23. The van der Waals surface area contributed by atoms with Gasteiger partial charge in [0.25, 0.3) is 0 Å². The van der Waals surface area contributed by atoms with Gasteiger partial charge in [-0.05, 0) is 37.1 Å². The lowest BCUT2D eigenvalue weighted by molar-refractivity contribution is 0.0586. The van der Waals surface area contributed by atoms with Crippen LogP contribution in [-0.2, 0) is 11.4 Å². The Hall–Kier alpha value is -2.89. The van der Waals surface area contributed by atoms with Crippen molar-refractivity contribution in [3.8, 4) is 0 Å². The fraction of sp³-hybridized carbons (Fsp3) is 0.333. The standard InChI is InChI=1S/C21H24FN3O2/c1-15(2)23-21(26)25(13-16-7-6-10-18(22)11-16)14-19-12-20(24-27-19)17-8-4-3-5-9-17/h3-11,15,19H,12-14H2,1-2H3,(H,23,26)/t19-/m1/s1. The number of carbonyl (C=O) groups excluding carboxylic acids is 1. The van der Waals surface area contributed by atoms with Crippen LogP contribution >= 0.6 is 0 Å². The summed E-state index contributed by atoms with van der Waals surface area (Å²) in [6.07, 6.45) is 0.394. The molecule has 2 amide bonds. The summed E-state index contributed by atoms with van der Waals surface area (Å²) in [6, 6.07) is 15.9. The molecule has 6 heteroatoms. The van der Waals surface area contributed by atoms with Crippen LogP contribution in [0, 0.1) is 5.82 Å². The average Bonchev–Trinajstić information content (AvgIpc) is 3.10. The fourth-order valence-corrected chi connectivity index (χ4v) is 2.99. The number of nitrogens with one attached hydrogen (secondary N) is 1. The van der Waals surface area contributed by atoms with Crippen molar-refractivity contribution < 1.29 is 14.0 Å². The molecule has 1 N–H and O–H groups in total. The van der Waals surface area contributed by atoms with Gasteiger partial charge in [0, 0.05) is 19.0 Å². The zero-order valence-corrected chi connectivity index (χ0v) is 15.6. The lowest BCUT2D eigenvalue weighted by atomic mass is 10.0. The SMILES string of the molecule is CC(C)NC(=O)N(Cc1cccc(F)c1)C[C@H]1CC(c2ccccc2)=NO1. The minimum Gasteiger partial charge on any atom is -0.390 e. The maximum atomic E-state index is 13.5. The Kier molecular flexibility index (Phi) is 6.06. The lowest BCUT2D eigenvalue weighted by Gasteiger charge is -2.26. The highest BCUT2D eigenvalue weighted by Crippen LogP contribution is 2.19. The molecule has 2 aromatic carbocycles. The van der Waals surface area contributed by atoms with Gasteiger partial charge in [0.2, 0.25) is 0 Å². The van der Waals surface area contributed by atoms with Gasteiger partial charge in [0.05, 0.1) is 12.3 Å². The van der Waals surface area contributed by atoms with E-state index in [0.29, 0.717) is 19.5 Å². The Morgan fingerprint density at radius 3 is 2.74 bits per heavy atom. The normalized spacial score (nSPS) is 16.0. The zero-order chi connectivity index (χ0) is 19.2. The van der Waals surface area contributed by atoms with Crippen molar-refractivity contribution in [1.82, 2.24) is 10.2 Å². The molecular formula is C21H24FN3O2. The summed E-state index contributed by atoms with van der Waals surface area (Å²) in [6.45, 7) is 4.48. The molecule has 142 valence electrons. The van der Waals surface area contributed by atoms with Gasteiger partial charge in [-0.1, -0.05) is 47.6 Å². The maximum Gasteiger partial charge on any atom is 0.318 e. The molecule has 0 saturated carbocycles. The third kappa shape index (κ3) is 5.29. The second kappa shape index (κ2) is 8.66. The van der Waals surface area contributed by atoms with E-state index in [4.69, 9.17) is 4.84 Å². The van der Waals surface area contributed by atoms with E-state index in [0.717, 1.165) is 16.8 Å². The van der Waals surface area contributed by atoms with Gasteiger partial charge in [-0.15, -0.1) is 0 Å². The van der Waals surface area contributed by atoms with Crippen molar-refractivity contribution in [2.45, 2.75) is 39.0 Å². The molecule has 1 aliphatic rings. The van der Waals surface area contributed by atoms with Crippen molar-refractivity contribution >= 4 is 11.7 Å². The van der Waals surface area contributed by atoms with E-state index >= 15 is 0 Å². The predicted octanol–water partition coefficient (Wildman–Crippen LogP) is 3.94. The maximum absolute atomic E-state index is 13.5. The molecule has 5 nitrogen and oxygen atoms in total. The number of hydrogen-bond donors (Lipinski definition) is 1. The summed E-state index contributed by atoms with van der Waals surface area (Å²) in [5.41, 5.74) is 2.62. The molecule has 0 aromatic heterocycles. The number of benzene rings is 2. The highest BCUT2D eigenvalue weighted by molar-refractivity contribution is 6.01. The van der Waals surface area contributed by atoms with Gasteiger partial charge in [0.1, 0.15) is 5.82 Å². The van der Waals surface area contributed by atoms with Crippen LogP contribution in [0.4, 0.5) is 9.18 Å². The predicted molar refractivity (Wildman–Crippen MR) is 103 cm³/mol. The first-order chi connectivity index (χ1) is 13.0. The topological polar surface area (TPSA) is 53.9 Å². The second-order valence-electron chi connectivity index (χ2n) is 6.95. The van der Waals surface area contributed by atoms with Gasteiger partial charge in [-0.2, -0.15) is 0 Å². The molecule has 0 radical (unpaired) electrons. The van der Waals surface area contributed by atoms with Gasteiger partial charge < -0.3 is 15.1 Å². The summed E-state index contributed by atoms with van der Waals surface area (Å²) in [7, 11) is 0. The summed E-state index contributed by atoms with van der Waals surface area (Å²) >= 11 is 0. The monoisotopic (exact) mass is 369 g/mol. The van der Waals surface area contributed by atoms with Crippen molar-refractivity contribution in [3.63, 3.8) is 0 Å². The van der Waals surface area contributed by atoms with E-state index in [9.17, 15) is 9.18 Å². The van der Waals surface area contributed by atoms with Crippen LogP contribution in [0.2, 0.25) is 0 Å². The lowest BCUT2D eigenvalue weighted by Crippen LogP contribution is -2.45. The summed E-state index contributed by atoms with van der Waals surface area (Å²) in [5.74, 6) is -0.316. The van der Waals surface area contributed by atoms with Crippen LogP contribution in [0.15, 0.2) is 59.8 Å². The van der Waals surface area contributed by atoms with Crippen LogP contribution in [0.3, 0.4) is 0 Å². The number of carbonyl (C=O) groups is 1. The summed E-state index contributed by atoms with van der Waals surface area (Å²) in [5, 5.41) is 7.07. The molecule has 2 aromatic rings. The van der Waals surface area contributed by atoms with Crippen LogP contribution < -0.4 is 5.32 Å². The summed E-state index contributed by atoms with van der Waals surface area (Å²) < 4.78 is 13.5. The van der Waals surface area contributed by atoms with Gasteiger partial charge in [-0.25, -0.2) is 9.18 Å². The van der Waals surface area contributed by atoms with E-state index < -0.39 is 0 Å². The van der Waals surface area contributed by atoms with Crippen LogP contribution in [-0.4, -0.2) is 35.3 Å². The molecule has 1 heterocycles. The van der Waals surface area contributed by atoms with E-state index in [1.165, 1.54) is 12.1 Å². The number of halogens is 1. The quantitative estimate of drug-likeness (QED) is 0.839. The fourth-order valence-electron chi connectivity index (χ4n) is 2.99. The number of rotatable bonds is 6. The Morgan fingerprint density at radius 2 is 2.04 bits per heavy atom. The van der Waals surface area contributed by atoms with E-state index in [1.807, 2.05) is 44.2 Å². The molecule has 0 unspecified atom stereocenters. The Balaban J connectivity index is 1.67. The zero-order valence-electron chi connectivity index (χ0n) is 15.6. The molecule has 3 rings (SSSR count). The number of nitrogens with zero attached hydrogens (tertiary/aromatic N) is 2. The minimum atomic E-state index is -0.316. The Bertz CT molecular complexity index is 808. The number of amides is 2. The van der Waals surface area contributed by atoms with Gasteiger partial charge >= 0.3 is 6.03 Å². The van der Waals surface area contributed by atoms with Crippen molar-refractivity contribution in [2.24, 2.45) is 5.16 Å². The number of urea groups is 1. The highest BCUT2D eigenvalue weighted by Gasteiger charge is 2.27. The third-order valence-electron chi connectivity index (χ3n) is 4.23. The molecule has 1 aliphatic heterocycles. The first-order valence-corrected chi connectivity index (χ1v) is 9.09. The minimum absolute atomic E-state index is 0.00753. The van der Waals surface area contributed by atoms with E-state index in [2.05, 4.69) is 10.5 Å². The smallest absolute Gasteiger partial charge is 0.318 e. The average molecular weight is 369 g/mol. The molecular weight excluding hydrogens is 345 g/mol. The first-order valence-electron chi connectivity index (χ1n) is 9.09. The van der Waals surface area contributed by atoms with Gasteiger partial charge in [-0.3, -0.25) is 0 Å². The number of hydrogen-bond acceptors (Lipinski definition) is 3. The highest BCUT2D eigenvalue weighted by atomic mass is 19.1. The molecule has 0 bridgehead atoms. The van der Waals surface area contributed by atoms with Crippen LogP contribution in [0.25, 0.3) is 0 Å². The Labute approximate surface area is 158 Å². The number of oxime groups is 1. The van der Waals surface area contributed by atoms with Crippen molar-refractivity contribution in [1.29, 1.82) is 0 Å². The molecule has 1 atom stereocenters. The molecule has 0 fully saturated rings. The molecule has 0 spiro atoms. The van der Waals surface area contributed by atoms with Crippen molar-refractivity contribution in [3.05, 3.63) is 71.5 Å². The summed E-state index contributed by atoms with van der Waals surface area (Å²) in [4.78, 5) is 19.8.